The van der Waals surface area contributed by atoms with Gasteiger partial charge in [-0.15, -0.1) is 0 Å². The molecule has 0 aromatic carbocycles. The highest BCUT2D eigenvalue weighted by atomic mass is 19.4. The highest BCUT2D eigenvalue weighted by molar-refractivity contribution is 6.08. The molecule has 1 aromatic heterocycles. The summed E-state index contributed by atoms with van der Waals surface area (Å²) in [6, 6.07) is 1.36. The number of rotatable bonds is 6. The largest absolute Gasteiger partial charge is 0.417 e. The minimum absolute atomic E-state index is 0.00910. The monoisotopic (exact) mass is 386 g/mol. The zero-order valence-corrected chi connectivity index (χ0v) is 14.9. The Labute approximate surface area is 154 Å². The Kier molecular flexibility index (Phi) is 5.88. The molecule has 2 heterocycles. The summed E-state index contributed by atoms with van der Waals surface area (Å²) in [5.41, 5.74) is -1.76. The first-order valence-corrected chi connectivity index (χ1v) is 8.28. The van der Waals surface area contributed by atoms with Crippen LogP contribution in [0.4, 0.5) is 19.0 Å². The number of aliphatic hydroxyl groups excluding tert-OH is 1. The zero-order valence-electron chi connectivity index (χ0n) is 14.9. The van der Waals surface area contributed by atoms with Crippen molar-refractivity contribution in [3.63, 3.8) is 0 Å². The molecule has 1 aliphatic heterocycles. The van der Waals surface area contributed by atoms with E-state index in [0.717, 1.165) is 6.07 Å². The van der Waals surface area contributed by atoms with Crippen molar-refractivity contribution in [2.24, 2.45) is 5.41 Å². The van der Waals surface area contributed by atoms with Gasteiger partial charge in [-0.2, -0.15) is 13.2 Å². The normalized spacial score (nSPS) is 17.3. The zero-order chi connectivity index (χ0) is 20.4. The van der Waals surface area contributed by atoms with Crippen LogP contribution in [0.2, 0.25) is 0 Å². The van der Waals surface area contributed by atoms with Crippen LogP contribution < -0.4 is 10.2 Å². The molecule has 0 bridgehead atoms. The van der Waals surface area contributed by atoms with Crippen LogP contribution in [-0.2, 0) is 15.8 Å². The molecule has 10 heteroatoms. The maximum absolute atomic E-state index is 12.6. The summed E-state index contributed by atoms with van der Waals surface area (Å²) in [7, 11) is 0. The Morgan fingerprint density at radius 2 is 2.04 bits per heavy atom. The summed E-state index contributed by atoms with van der Waals surface area (Å²) in [5.74, 6) is -1.04. The molecule has 0 radical (unpaired) electrons. The third-order valence-corrected chi connectivity index (χ3v) is 4.50. The van der Waals surface area contributed by atoms with Gasteiger partial charge in [0, 0.05) is 23.9 Å². The average molecular weight is 386 g/mol. The van der Waals surface area contributed by atoms with E-state index >= 15 is 0 Å². The minimum atomic E-state index is -4.49. The van der Waals surface area contributed by atoms with E-state index in [1.165, 1.54) is 11.0 Å². The number of imide groups is 1. The van der Waals surface area contributed by atoms with Gasteiger partial charge in [0.05, 0.1) is 18.6 Å². The Morgan fingerprint density at radius 3 is 2.48 bits per heavy atom. The number of carbonyl (C=O) groups excluding carboxylic acids is 2. The highest BCUT2D eigenvalue weighted by Crippen LogP contribution is 2.31. The summed E-state index contributed by atoms with van der Waals surface area (Å²) < 4.78 is 37.8. The second-order valence-electron chi connectivity index (χ2n) is 7.01. The van der Waals surface area contributed by atoms with Gasteiger partial charge in [-0.05, 0) is 18.6 Å². The van der Waals surface area contributed by atoms with Gasteiger partial charge in [0.1, 0.15) is 11.9 Å². The molecule has 1 unspecified atom stereocenters. The summed E-state index contributed by atoms with van der Waals surface area (Å²) >= 11 is 0. The number of alkyl halides is 3. The van der Waals surface area contributed by atoms with Crippen LogP contribution in [0, 0.1) is 10.8 Å². The van der Waals surface area contributed by atoms with E-state index in [0.29, 0.717) is 19.2 Å². The maximum atomic E-state index is 12.6. The average Bonchev–Trinajstić information content (AvgIpc) is 2.53. The fourth-order valence-electron chi connectivity index (χ4n) is 2.42. The van der Waals surface area contributed by atoms with Gasteiger partial charge < -0.3 is 15.4 Å². The third-order valence-electron chi connectivity index (χ3n) is 4.50. The molecule has 2 rings (SSSR count). The molecular weight excluding hydrogens is 365 g/mol. The van der Waals surface area contributed by atoms with Crippen molar-refractivity contribution in [3.8, 4) is 0 Å². The van der Waals surface area contributed by atoms with Crippen LogP contribution in [0.1, 0.15) is 32.3 Å². The minimum Gasteiger partial charge on any atom is -0.395 e. The smallest absolute Gasteiger partial charge is 0.395 e. The fraction of sp³-hybridized carbons (Fsp3) is 0.529. The molecule has 1 saturated heterocycles. The van der Waals surface area contributed by atoms with Gasteiger partial charge in [-0.25, -0.2) is 4.98 Å². The Bertz CT molecular complexity index is 732. The van der Waals surface area contributed by atoms with Crippen LogP contribution in [0.3, 0.4) is 0 Å². The van der Waals surface area contributed by atoms with Crippen molar-refractivity contribution in [3.05, 3.63) is 23.9 Å². The molecular formula is C17H21F3N4O3. The number of nitrogens with one attached hydrogen (secondary N) is 2. The maximum Gasteiger partial charge on any atom is 0.417 e. The molecule has 27 heavy (non-hydrogen) atoms. The number of aromatic nitrogens is 1. The molecule has 0 spiro atoms. The topological polar surface area (TPSA) is 106 Å². The molecule has 1 aromatic rings. The second-order valence-corrected chi connectivity index (χ2v) is 7.01. The summed E-state index contributed by atoms with van der Waals surface area (Å²) in [6.07, 6.45) is -3.69. The lowest BCUT2D eigenvalue weighted by Crippen LogP contribution is -2.57. The summed E-state index contributed by atoms with van der Waals surface area (Å²) in [6.45, 7) is 3.34. The number of hydrogen-bond acceptors (Lipinski definition) is 6. The van der Waals surface area contributed by atoms with Gasteiger partial charge in [0.2, 0.25) is 11.8 Å². The van der Waals surface area contributed by atoms with Crippen LogP contribution in [-0.4, -0.2) is 46.8 Å². The third kappa shape index (κ3) is 4.82. The van der Waals surface area contributed by atoms with Gasteiger partial charge >= 0.3 is 6.18 Å². The lowest BCUT2D eigenvalue weighted by atomic mass is 9.86. The first-order chi connectivity index (χ1) is 12.5. The van der Waals surface area contributed by atoms with Crippen LogP contribution in [0.25, 0.3) is 0 Å². The van der Waals surface area contributed by atoms with Gasteiger partial charge in [0.15, 0.2) is 0 Å². The SMILES string of the molecule is CC(C)(CO)C(=N)CC(=O)NC(=O)C1CCN1c1ccc(C(F)(F)F)cn1. The number of pyridine rings is 1. The molecule has 0 saturated carbocycles. The van der Waals surface area contributed by atoms with Crippen molar-refractivity contribution in [2.75, 3.05) is 18.1 Å². The molecule has 148 valence electrons. The molecule has 1 aliphatic rings. The molecule has 2 amide bonds. The molecule has 7 nitrogen and oxygen atoms in total. The van der Waals surface area contributed by atoms with Crippen LogP contribution in [0.5, 0.6) is 0 Å². The first-order valence-electron chi connectivity index (χ1n) is 8.28. The van der Waals surface area contributed by atoms with Crippen molar-refractivity contribution in [1.29, 1.82) is 5.41 Å². The number of nitrogens with zero attached hydrogens (tertiary/aromatic N) is 2. The number of anilines is 1. The van der Waals surface area contributed by atoms with E-state index in [9.17, 15) is 27.9 Å². The standard InChI is InChI=1S/C17H21F3N4O3/c1-16(2,9-25)12(21)7-14(26)23-15(27)11-5-6-24(11)13-4-3-10(8-22-13)17(18,19)20/h3-4,8,11,21,25H,5-7,9H2,1-2H3,(H,23,26,27). The van der Waals surface area contributed by atoms with E-state index in [2.05, 4.69) is 10.3 Å². The summed E-state index contributed by atoms with van der Waals surface area (Å²) in [5, 5.41) is 19.2. The van der Waals surface area contributed by atoms with E-state index in [4.69, 9.17) is 5.41 Å². The number of hydrogen-bond donors (Lipinski definition) is 3. The molecule has 0 aliphatic carbocycles. The van der Waals surface area contributed by atoms with Crippen molar-refractivity contribution in [2.45, 2.75) is 38.9 Å². The highest BCUT2D eigenvalue weighted by Gasteiger charge is 2.37. The van der Waals surface area contributed by atoms with Crippen molar-refractivity contribution < 1.29 is 27.9 Å². The van der Waals surface area contributed by atoms with E-state index in [1.54, 1.807) is 13.8 Å². The number of amides is 2. The second kappa shape index (κ2) is 7.63. The molecule has 1 fully saturated rings. The van der Waals surface area contributed by atoms with E-state index < -0.39 is 35.0 Å². The van der Waals surface area contributed by atoms with Crippen LogP contribution in [0.15, 0.2) is 18.3 Å². The molecule has 3 N–H and O–H groups in total. The van der Waals surface area contributed by atoms with Crippen molar-refractivity contribution >= 4 is 23.3 Å². The Hall–Kier alpha value is -2.49. The van der Waals surface area contributed by atoms with Gasteiger partial charge in [0.25, 0.3) is 0 Å². The lowest BCUT2D eigenvalue weighted by molar-refractivity contribution is -0.138. The van der Waals surface area contributed by atoms with Gasteiger partial charge in [-0.3, -0.25) is 14.9 Å². The quantitative estimate of drug-likeness (QED) is 0.646. The predicted octanol–water partition coefficient (Wildman–Crippen LogP) is 1.75. The Balaban J connectivity index is 1.96. The fourth-order valence-corrected chi connectivity index (χ4v) is 2.42. The number of aliphatic hydroxyl groups is 1. The lowest BCUT2D eigenvalue weighted by Gasteiger charge is -2.40. The number of halogens is 3. The number of carbonyl (C=O) groups is 2. The van der Waals surface area contributed by atoms with Gasteiger partial charge in [-0.1, -0.05) is 13.8 Å². The summed E-state index contributed by atoms with van der Waals surface area (Å²) in [4.78, 5) is 29.5. The first kappa shape index (κ1) is 20.8. The van der Waals surface area contributed by atoms with E-state index in [-0.39, 0.29) is 24.6 Å². The predicted molar refractivity (Wildman–Crippen MR) is 91.4 cm³/mol. The van der Waals surface area contributed by atoms with Crippen molar-refractivity contribution in [1.82, 2.24) is 10.3 Å². The van der Waals surface area contributed by atoms with Crippen LogP contribution >= 0.6 is 0 Å². The molecule has 1 atom stereocenters. The van der Waals surface area contributed by atoms with E-state index in [1.807, 2.05) is 0 Å². The Morgan fingerprint density at radius 1 is 1.37 bits per heavy atom.